The van der Waals surface area contributed by atoms with Crippen LogP contribution < -0.4 is 5.32 Å². The first kappa shape index (κ1) is 12.4. The number of carbonyl (C=O) groups is 1. The first-order valence-electron chi connectivity index (χ1n) is 5.31. The van der Waals surface area contributed by atoms with Crippen LogP contribution in [-0.2, 0) is 14.8 Å². The molecule has 0 aromatic rings. The summed E-state index contributed by atoms with van der Waals surface area (Å²) in [4.78, 5) is 11.2. The summed E-state index contributed by atoms with van der Waals surface area (Å²) in [5.41, 5.74) is 0. The molecule has 6 heteroatoms. The summed E-state index contributed by atoms with van der Waals surface area (Å²) in [6.45, 7) is 2.94. The average molecular weight is 234 g/mol. The molecule has 0 unspecified atom stereocenters. The van der Waals surface area contributed by atoms with Crippen LogP contribution in [0.4, 0.5) is 0 Å². The fourth-order valence-electron chi connectivity index (χ4n) is 1.47. The molecule has 1 saturated heterocycles. The molecule has 0 saturated carbocycles. The van der Waals surface area contributed by atoms with E-state index in [0.717, 1.165) is 6.42 Å². The number of hydrogen-bond donors (Lipinski definition) is 1. The van der Waals surface area contributed by atoms with Crippen LogP contribution in [0.1, 0.15) is 26.2 Å². The van der Waals surface area contributed by atoms with Gasteiger partial charge in [0.05, 0.1) is 12.3 Å². The molecular weight excluding hydrogens is 216 g/mol. The maximum absolute atomic E-state index is 11.8. The highest BCUT2D eigenvalue weighted by atomic mass is 32.2. The second kappa shape index (κ2) is 5.46. The minimum Gasteiger partial charge on any atom is -0.355 e. The highest BCUT2D eigenvalue weighted by Crippen LogP contribution is 2.07. The molecule has 1 heterocycles. The Morgan fingerprint density at radius 2 is 2.20 bits per heavy atom. The van der Waals surface area contributed by atoms with Crippen LogP contribution in [0.2, 0.25) is 0 Å². The summed E-state index contributed by atoms with van der Waals surface area (Å²) in [6, 6.07) is 0. The number of carbonyl (C=O) groups excluding carboxylic acids is 1. The molecule has 0 aromatic carbocycles. The molecular formula is C9H18N2O3S. The topological polar surface area (TPSA) is 66.5 Å². The van der Waals surface area contributed by atoms with E-state index in [1.165, 1.54) is 4.31 Å². The van der Waals surface area contributed by atoms with E-state index in [2.05, 4.69) is 5.32 Å². The van der Waals surface area contributed by atoms with Gasteiger partial charge in [-0.2, -0.15) is 4.31 Å². The summed E-state index contributed by atoms with van der Waals surface area (Å²) in [5.74, 6) is -0.0517. The standard InChI is InChI=1S/C9H18N2O3S/c1-2-3-7-15(13,14)11-6-4-5-10-9(12)8-11/h2-8H2,1H3,(H,10,12). The predicted molar refractivity (Wildman–Crippen MR) is 57.9 cm³/mol. The van der Waals surface area contributed by atoms with E-state index in [4.69, 9.17) is 0 Å². The van der Waals surface area contributed by atoms with Crippen molar-refractivity contribution in [2.45, 2.75) is 26.2 Å². The SMILES string of the molecule is CCCCS(=O)(=O)N1CCCNC(=O)C1. The molecule has 0 radical (unpaired) electrons. The van der Waals surface area contributed by atoms with Crippen molar-refractivity contribution in [1.29, 1.82) is 0 Å². The van der Waals surface area contributed by atoms with Crippen molar-refractivity contribution < 1.29 is 13.2 Å². The van der Waals surface area contributed by atoms with E-state index in [1.54, 1.807) is 0 Å². The molecule has 88 valence electrons. The Morgan fingerprint density at radius 3 is 2.87 bits per heavy atom. The molecule has 0 aromatic heterocycles. The lowest BCUT2D eigenvalue weighted by Gasteiger charge is -2.18. The van der Waals surface area contributed by atoms with Gasteiger partial charge >= 0.3 is 0 Å². The number of amides is 1. The van der Waals surface area contributed by atoms with E-state index < -0.39 is 10.0 Å². The molecule has 1 rings (SSSR count). The van der Waals surface area contributed by atoms with Gasteiger partial charge in [-0.25, -0.2) is 8.42 Å². The Hall–Kier alpha value is -0.620. The molecule has 15 heavy (non-hydrogen) atoms. The summed E-state index contributed by atoms with van der Waals surface area (Å²) in [5, 5.41) is 2.66. The van der Waals surface area contributed by atoms with Crippen molar-refractivity contribution in [3.8, 4) is 0 Å². The van der Waals surface area contributed by atoms with Gasteiger partial charge in [-0.3, -0.25) is 4.79 Å². The summed E-state index contributed by atoms with van der Waals surface area (Å²) in [7, 11) is -3.23. The average Bonchev–Trinajstić information content (AvgIpc) is 2.40. The van der Waals surface area contributed by atoms with Gasteiger partial charge in [0.2, 0.25) is 15.9 Å². The van der Waals surface area contributed by atoms with Crippen LogP contribution in [0.25, 0.3) is 0 Å². The molecule has 1 amide bonds. The van der Waals surface area contributed by atoms with Crippen molar-refractivity contribution in [3.05, 3.63) is 0 Å². The van der Waals surface area contributed by atoms with Crippen LogP contribution in [-0.4, -0.2) is 44.0 Å². The molecule has 0 aliphatic carbocycles. The molecule has 1 aliphatic heterocycles. The Balaban J connectivity index is 2.63. The van der Waals surface area contributed by atoms with Gasteiger partial charge in [-0.15, -0.1) is 0 Å². The van der Waals surface area contributed by atoms with Crippen LogP contribution in [0.15, 0.2) is 0 Å². The van der Waals surface area contributed by atoms with Crippen molar-refractivity contribution in [3.63, 3.8) is 0 Å². The summed E-state index contributed by atoms with van der Waals surface area (Å²) < 4.78 is 24.9. The van der Waals surface area contributed by atoms with Crippen molar-refractivity contribution in [1.82, 2.24) is 9.62 Å². The van der Waals surface area contributed by atoms with Gasteiger partial charge in [0.25, 0.3) is 0 Å². The Labute approximate surface area is 90.9 Å². The van der Waals surface area contributed by atoms with Crippen LogP contribution >= 0.6 is 0 Å². The maximum atomic E-state index is 11.8. The van der Waals surface area contributed by atoms with Crippen LogP contribution in [0.5, 0.6) is 0 Å². The van der Waals surface area contributed by atoms with Crippen LogP contribution in [0.3, 0.4) is 0 Å². The number of nitrogens with zero attached hydrogens (tertiary/aromatic N) is 1. The summed E-state index contributed by atoms with van der Waals surface area (Å²) >= 11 is 0. The lowest BCUT2D eigenvalue weighted by atomic mass is 10.4. The number of unbranched alkanes of at least 4 members (excludes halogenated alkanes) is 1. The Kier molecular flexibility index (Phi) is 4.53. The molecule has 1 N–H and O–H groups in total. The molecule has 1 aliphatic rings. The first-order chi connectivity index (χ1) is 7.06. The van der Waals surface area contributed by atoms with E-state index >= 15 is 0 Å². The smallest absolute Gasteiger partial charge is 0.235 e. The fraction of sp³-hybridized carbons (Fsp3) is 0.889. The number of rotatable bonds is 4. The zero-order chi connectivity index (χ0) is 11.3. The second-order valence-corrected chi connectivity index (χ2v) is 5.80. The Bertz CT molecular complexity index is 313. The summed E-state index contributed by atoms with van der Waals surface area (Å²) in [6.07, 6.45) is 2.19. The van der Waals surface area contributed by atoms with Crippen molar-refractivity contribution in [2.24, 2.45) is 0 Å². The van der Waals surface area contributed by atoms with Crippen LogP contribution in [0, 0.1) is 0 Å². The lowest BCUT2D eigenvalue weighted by Crippen LogP contribution is -2.38. The highest BCUT2D eigenvalue weighted by Gasteiger charge is 2.25. The molecule has 1 fully saturated rings. The third kappa shape index (κ3) is 3.79. The van der Waals surface area contributed by atoms with Gasteiger partial charge in [0.15, 0.2) is 0 Å². The van der Waals surface area contributed by atoms with Gasteiger partial charge in [0.1, 0.15) is 0 Å². The fourth-order valence-corrected chi connectivity index (χ4v) is 3.10. The maximum Gasteiger partial charge on any atom is 0.235 e. The largest absolute Gasteiger partial charge is 0.355 e. The van der Waals surface area contributed by atoms with Gasteiger partial charge in [-0.1, -0.05) is 13.3 Å². The predicted octanol–water partition coefficient (Wildman–Crippen LogP) is -0.0618. The quantitative estimate of drug-likeness (QED) is 0.741. The van der Waals surface area contributed by atoms with Gasteiger partial charge < -0.3 is 5.32 Å². The molecule has 0 spiro atoms. The number of nitrogens with one attached hydrogen (secondary N) is 1. The first-order valence-corrected chi connectivity index (χ1v) is 6.91. The third-order valence-corrected chi connectivity index (χ3v) is 4.28. The monoisotopic (exact) mass is 234 g/mol. The minimum atomic E-state index is -3.23. The minimum absolute atomic E-state index is 0.0218. The van der Waals surface area contributed by atoms with Gasteiger partial charge in [0, 0.05) is 13.1 Å². The zero-order valence-electron chi connectivity index (χ0n) is 9.03. The van der Waals surface area contributed by atoms with E-state index in [0.29, 0.717) is 25.9 Å². The highest BCUT2D eigenvalue weighted by molar-refractivity contribution is 7.89. The molecule has 0 bridgehead atoms. The van der Waals surface area contributed by atoms with Gasteiger partial charge in [-0.05, 0) is 12.8 Å². The van der Waals surface area contributed by atoms with E-state index in [1.807, 2.05) is 6.92 Å². The number of sulfonamides is 1. The Morgan fingerprint density at radius 1 is 1.47 bits per heavy atom. The molecule has 0 atom stereocenters. The zero-order valence-corrected chi connectivity index (χ0v) is 9.85. The third-order valence-electron chi connectivity index (χ3n) is 2.38. The van der Waals surface area contributed by atoms with E-state index in [-0.39, 0.29) is 18.2 Å². The molecule has 5 nitrogen and oxygen atoms in total. The number of hydrogen-bond acceptors (Lipinski definition) is 3. The van der Waals surface area contributed by atoms with Crippen molar-refractivity contribution in [2.75, 3.05) is 25.4 Å². The second-order valence-electron chi connectivity index (χ2n) is 3.71. The lowest BCUT2D eigenvalue weighted by molar-refractivity contribution is -0.120. The normalized spacial score (nSPS) is 19.7. The van der Waals surface area contributed by atoms with Crippen molar-refractivity contribution >= 4 is 15.9 Å². The van der Waals surface area contributed by atoms with E-state index in [9.17, 15) is 13.2 Å².